The lowest BCUT2D eigenvalue weighted by molar-refractivity contribution is -0.432. The zero-order valence-corrected chi connectivity index (χ0v) is 16.9. The van der Waals surface area contributed by atoms with Crippen molar-refractivity contribution in [2.75, 3.05) is 23.1 Å². The Kier molecular flexibility index (Phi) is 9.34. The first kappa shape index (κ1) is 21.8. The van der Waals surface area contributed by atoms with Crippen LogP contribution in [0.15, 0.2) is 27.8 Å². The van der Waals surface area contributed by atoms with E-state index in [1.165, 1.54) is 11.8 Å². The highest BCUT2D eigenvalue weighted by Crippen LogP contribution is 2.22. The second-order valence-corrected chi connectivity index (χ2v) is 7.38. The summed E-state index contributed by atoms with van der Waals surface area (Å²) in [5.41, 5.74) is 7.09. The maximum absolute atomic E-state index is 12.1. The second kappa shape index (κ2) is 10.7. The predicted molar refractivity (Wildman–Crippen MR) is 98.2 cm³/mol. The molecule has 0 saturated heterocycles. The summed E-state index contributed by atoms with van der Waals surface area (Å²) in [6.45, 7) is 4.01. The molecule has 138 valence electrons. The third-order valence-corrected chi connectivity index (χ3v) is 5.11. The van der Waals surface area contributed by atoms with Gasteiger partial charge >= 0.3 is 0 Å². The maximum Gasteiger partial charge on any atom is 0.277 e. The first-order valence-electron chi connectivity index (χ1n) is 7.65. The molecule has 6 nitrogen and oxygen atoms in total. The van der Waals surface area contributed by atoms with Gasteiger partial charge < -0.3 is 27.9 Å². The van der Waals surface area contributed by atoms with E-state index in [1.54, 1.807) is 11.8 Å². The van der Waals surface area contributed by atoms with Crippen molar-refractivity contribution >= 4 is 35.1 Å². The summed E-state index contributed by atoms with van der Waals surface area (Å²) in [4.78, 5) is 12.1. The molecule has 4 N–H and O–H groups in total. The largest absolute Gasteiger partial charge is 1.00 e. The van der Waals surface area contributed by atoms with Gasteiger partial charge in [0.1, 0.15) is 0 Å². The van der Waals surface area contributed by atoms with Gasteiger partial charge in [0.05, 0.1) is 5.75 Å². The van der Waals surface area contributed by atoms with E-state index < -0.39 is 0 Å². The lowest BCUT2D eigenvalue weighted by Gasteiger charge is -2.09. The molecule has 0 unspecified atom stereocenters. The molecule has 0 fully saturated rings. The number of anilines is 1. The highest BCUT2D eigenvalue weighted by Gasteiger charge is 2.18. The van der Waals surface area contributed by atoms with Crippen LogP contribution in [0.25, 0.3) is 0 Å². The summed E-state index contributed by atoms with van der Waals surface area (Å²) in [7, 11) is 0. The first-order chi connectivity index (χ1) is 11.5. The summed E-state index contributed by atoms with van der Waals surface area (Å²) in [5, 5.41) is 11.3. The molecule has 0 aliphatic carbocycles. The summed E-state index contributed by atoms with van der Waals surface area (Å²) in [6, 6.07) is 5.84. The minimum Gasteiger partial charge on any atom is -1.00 e. The highest BCUT2D eigenvalue weighted by molar-refractivity contribution is 7.99. The van der Waals surface area contributed by atoms with Gasteiger partial charge in [-0.2, -0.15) is 11.8 Å². The molecule has 1 aromatic heterocycles. The number of thioether (sulfide) groups is 2. The van der Waals surface area contributed by atoms with Crippen molar-refractivity contribution in [2.24, 2.45) is 0 Å². The fourth-order valence-electron chi connectivity index (χ4n) is 2.03. The molecule has 0 saturated carbocycles. The van der Waals surface area contributed by atoms with Crippen LogP contribution in [-0.2, 0) is 4.79 Å². The van der Waals surface area contributed by atoms with E-state index in [1.807, 2.05) is 32.0 Å². The average Bonchev–Trinajstić information content (AvgIpc) is 3.04. The number of quaternary nitrogens is 1. The molecule has 0 bridgehead atoms. The molecular formula is C16H23ClN4O2S2. The normalized spacial score (nSPS) is 11.7. The number of halogens is 1. The molecule has 2 aromatic rings. The predicted octanol–water partition coefficient (Wildman–Crippen LogP) is -0.543. The number of aryl methyl sites for hydroxylation is 1. The van der Waals surface area contributed by atoms with E-state index in [0.717, 1.165) is 29.0 Å². The summed E-state index contributed by atoms with van der Waals surface area (Å²) in [6.07, 6.45) is 2.94. The molecule has 1 amide bonds. The van der Waals surface area contributed by atoms with Crippen molar-refractivity contribution in [1.29, 1.82) is 0 Å². The molecule has 1 aromatic carbocycles. The molecular weight excluding hydrogens is 380 g/mol. The number of amides is 1. The van der Waals surface area contributed by atoms with Crippen molar-refractivity contribution < 1.29 is 27.4 Å². The van der Waals surface area contributed by atoms with Gasteiger partial charge in [0.2, 0.25) is 5.91 Å². The van der Waals surface area contributed by atoms with Gasteiger partial charge in [-0.05, 0) is 43.0 Å². The third-order valence-electron chi connectivity index (χ3n) is 3.65. The van der Waals surface area contributed by atoms with Crippen molar-refractivity contribution in [1.82, 2.24) is 10.2 Å². The molecule has 0 aliphatic rings. The molecule has 0 aliphatic heterocycles. The van der Waals surface area contributed by atoms with Crippen LogP contribution in [0, 0.1) is 13.8 Å². The Morgan fingerprint density at radius 3 is 2.84 bits per heavy atom. The van der Waals surface area contributed by atoms with Gasteiger partial charge in [-0.25, -0.2) is 0 Å². The molecule has 1 heterocycles. The number of carbonyl (C=O) groups excluding carboxylic acids is 1. The Balaban J connectivity index is 0.00000312. The fourth-order valence-corrected chi connectivity index (χ4v) is 3.12. The number of aromatic nitrogens is 2. The Morgan fingerprint density at radius 1 is 1.36 bits per heavy atom. The van der Waals surface area contributed by atoms with E-state index in [4.69, 9.17) is 4.42 Å². The van der Waals surface area contributed by atoms with Crippen LogP contribution in [0.5, 0.6) is 0 Å². The molecule has 1 atom stereocenters. The highest BCUT2D eigenvalue weighted by atomic mass is 35.5. The summed E-state index contributed by atoms with van der Waals surface area (Å²) < 4.78 is 5.57. The van der Waals surface area contributed by atoms with E-state index >= 15 is 0 Å². The second-order valence-electron chi connectivity index (χ2n) is 5.47. The topological polar surface area (TPSA) is 95.7 Å². The first-order valence-corrected chi connectivity index (χ1v) is 10.0. The number of nitrogens with zero attached hydrogens (tertiary/aromatic N) is 2. The zero-order chi connectivity index (χ0) is 17.5. The van der Waals surface area contributed by atoms with Crippen molar-refractivity contribution in [3.8, 4) is 0 Å². The monoisotopic (exact) mass is 402 g/mol. The van der Waals surface area contributed by atoms with Crippen LogP contribution in [0.3, 0.4) is 0 Å². The van der Waals surface area contributed by atoms with Crippen molar-refractivity contribution in [3.05, 3.63) is 35.2 Å². The van der Waals surface area contributed by atoms with E-state index in [-0.39, 0.29) is 30.1 Å². The Bertz CT molecular complexity index is 697. The van der Waals surface area contributed by atoms with Crippen LogP contribution in [0.4, 0.5) is 5.69 Å². The van der Waals surface area contributed by atoms with Crippen LogP contribution in [-0.4, -0.2) is 33.9 Å². The number of benzene rings is 1. The van der Waals surface area contributed by atoms with Crippen LogP contribution < -0.4 is 23.5 Å². The van der Waals surface area contributed by atoms with Crippen LogP contribution in [0.1, 0.15) is 29.5 Å². The number of carbonyl (C=O) groups is 1. The van der Waals surface area contributed by atoms with Gasteiger partial charge in [0.15, 0.2) is 6.04 Å². The Hall–Kier alpha value is -1.22. The van der Waals surface area contributed by atoms with Gasteiger partial charge in [0.25, 0.3) is 11.1 Å². The third kappa shape index (κ3) is 6.54. The van der Waals surface area contributed by atoms with Gasteiger partial charge in [-0.1, -0.05) is 23.9 Å². The SMILES string of the molecule is CSCC[C@H]([NH3+])c1nnc(SCC(=O)Nc2cccc(C)c2C)o1.[Cl-]. The van der Waals surface area contributed by atoms with Gasteiger partial charge in [0, 0.05) is 12.1 Å². The van der Waals surface area contributed by atoms with E-state index in [0.29, 0.717) is 11.1 Å². The summed E-state index contributed by atoms with van der Waals surface area (Å²) in [5.74, 6) is 1.65. The molecule has 0 spiro atoms. The van der Waals surface area contributed by atoms with Gasteiger partial charge in [-0.15, -0.1) is 10.2 Å². The fraction of sp³-hybridized carbons (Fsp3) is 0.438. The molecule has 9 heteroatoms. The lowest BCUT2D eigenvalue weighted by atomic mass is 10.1. The molecule has 25 heavy (non-hydrogen) atoms. The quantitative estimate of drug-likeness (QED) is 0.575. The maximum atomic E-state index is 12.1. The van der Waals surface area contributed by atoms with Crippen molar-refractivity contribution in [3.63, 3.8) is 0 Å². The number of hydrogen-bond donors (Lipinski definition) is 2. The Morgan fingerprint density at radius 2 is 2.12 bits per heavy atom. The zero-order valence-electron chi connectivity index (χ0n) is 14.5. The van der Waals surface area contributed by atoms with Crippen LogP contribution >= 0.6 is 23.5 Å². The van der Waals surface area contributed by atoms with E-state index in [2.05, 4.69) is 27.5 Å². The smallest absolute Gasteiger partial charge is 0.277 e. The number of rotatable bonds is 8. The van der Waals surface area contributed by atoms with Crippen LogP contribution in [0.2, 0.25) is 0 Å². The lowest BCUT2D eigenvalue weighted by Crippen LogP contribution is -3.00. The number of nitrogens with one attached hydrogen (secondary N) is 1. The Labute approximate surface area is 162 Å². The minimum atomic E-state index is -0.0954. The van der Waals surface area contributed by atoms with Crippen molar-refractivity contribution in [2.45, 2.75) is 31.5 Å². The standard InChI is InChI=1S/C16H22N4O2S2.ClH/c1-10-5-4-6-13(11(10)2)18-14(21)9-24-16-20-19-15(22-16)12(17)7-8-23-3;/h4-6,12H,7-9,17H2,1-3H3,(H,18,21);1H/t12-;/m0./s1. The van der Waals surface area contributed by atoms with Gasteiger partial charge in [-0.3, -0.25) is 4.79 Å². The average molecular weight is 403 g/mol. The minimum absolute atomic E-state index is 0. The summed E-state index contributed by atoms with van der Waals surface area (Å²) >= 11 is 3.00. The number of hydrogen-bond acceptors (Lipinski definition) is 6. The molecule has 0 radical (unpaired) electrons. The van der Waals surface area contributed by atoms with E-state index in [9.17, 15) is 4.79 Å². The molecule has 2 rings (SSSR count).